The van der Waals surface area contributed by atoms with Crippen molar-refractivity contribution in [2.24, 2.45) is 0 Å². The molecule has 0 unspecified atom stereocenters. The Morgan fingerprint density at radius 1 is 0.269 bits per heavy atom. The van der Waals surface area contributed by atoms with Crippen LogP contribution in [0, 0.1) is 0 Å². The molecular formula is C50H33NO. The molecule has 0 fully saturated rings. The summed E-state index contributed by atoms with van der Waals surface area (Å²) >= 11 is 0. The predicted molar refractivity (Wildman–Crippen MR) is 220 cm³/mol. The van der Waals surface area contributed by atoms with Crippen LogP contribution in [0.2, 0.25) is 0 Å². The number of benzene rings is 9. The molecule has 0 saturated carbocycles. The molecule has 0 bridgehead atoms. The first-order chi connectivity index (χ1) is 25.7. The Balaban J connectivity index is 1.02. The molecule has 0 aliphatic carbocycles. The molecule has 10 rings (SSSR count). The fraction of sp³-hybridized carbons (Fsp3) is 0. The number of furan rings is 1. The maximum atomic E-state index is 6.21. The molecule has 244 valence electrons. The highest BCUT2D eigenvalue weighted by molar-refractivity contribution is 6.09. The second-order valence-corrected chi connectivity index (χ2v) is 13.4. The molecule has 0 N–H and O–H groups in total. The van der Waals surface area contributed by atoms with Gasteiger partial charge in [0.25, 0.3) is 0 Å². The summed E-state index contributed by atoms with van der Waals surface area (Å²) in [5.74, 6) is 0. The van der Waals surface area contributed by atoms with Crippen molar-refractivity contribution in [1.82, 2.24) is 0 Å². The van der Waals surface area contributed by atoms with Crippen LogP contribution in [0.25, 0.3) is 76.9 Å². The van der Waals surface area contributed by atoms with Crippen molar-refractivity contribution in [2.45, 2.75) is 0 Å². The summed E-state index contributed by atoms with van der Waals surface area (Å²) in [7, 11) is 0. The Labute approximate surface area is 302 Å². The highest BCUT2D eigenvalue weighted by Gasteiger charge is 2.15. The van der Waals surface area contributed by atoms with Crippen LogP contribution in [0.1, 0.15) is 0 Å². The topological polar surface area (TPSA) is 16.4 Å². The zero-order valence-electron chi connectivity index (χ0n) is 28.4. The monoisotopic (exact) mass is 663 g/mol. The molecule has 0 saturated heterocycles. The summed E-state index contributed by atoms with van der Waals surface area (Å²) in [6.45, 7) is 0. The van der Waals surface area contributed by atoms with Gasteiger partial charge in [0.2, 0.25) is 0 Å². The lowest BCUT2D eigenvalue weighted by molar-refractivity contribution is 0.669. The first-order valence-electron chi connectivity index (χ1n) is 17.7. The molecule has 1 aromatic heterocycles. The van der Waals surface area contributed by atoms with Crippen molar-refractivity contribution in [3.63, 3.8) is 0 Å². The molecule has 0 spiro atoms. The van der Waals surface area contributed by atoms with Gasteiger partial charge in [-0.2, -0.15) is 0 Å². The second kappa shape index (κ2) is 12.5. The second-order valence-electron chi connectivity index (χ2n) is 13.4. The van der Waals surface area contributed by atoms with Crippen LogP contribution in [0.5, 0.6) is 0 Å². The summed E-state index contributed by atoms with van der Waals surface area (Å²) in [6.07, 6.45) is 0. The number of hydrogen-bond donors (Lipinski definition) is 0. The lowest BCUT2D eigenvalue weighted by Crippen LogP contribution is -2.09. The number of nitrogens with zero attached hydrogens (tertiary/aromatic N) is 1. The minimum Gasteiger partial charge on any atom is -0.456 e. The van der Waals surface area contributed by atoms with Crippen LogP contribution in [0.4, 0.5) is 17.1 Å². The van der Waals surface area contributed by atoms with E-state index in [2.05, 4.69) is 193 Å². The Morgan fingerprint density at radius 3 is 1.38 bits per heavy atom. The predicted octanol–water partition coefficient (Wildman–Crippen LogP) is 14.4. The van der Waals surface area contributed by atoms with Gasteiger partial charge in [0.05, 0.1) is 0 Å². The van der Waals surface area contributed by atoms with Gasteiger partial charge in [-0.15, -0.1) is 0 Å². The molecule has 0 radical (unpaired) electrons. The van der Waals surface area contributed by atoms with Crippen LogP contribution in [0.15, 0.2) is 205 Å². The van der Waals surface area contributed by atoms with Crippen LogP contribution in [-0.4, -0.2) is 0 Å². The van der Waals surface area contributed by atoms with Gasteiger partial charge < -0.3 is 9.32 Å². The number of anilines is 3. The van der Waals surface area contributed by atoms with E-state index >= 15 is 0 Å². The smallest absolute Gasteiger partial charge is 0.136 e. The van der Waals surface area contributed by atoms with Gasteiger partial charge in [0.1, 0.15) is 11.2 Å². The quantitative estimate of drug-likeness (QED) is 0.165. The zero-order valence-corrected chi connectivity index (χ0v) is 28.4. The van der Waals surface area contributed by atoms with Crippen molar-refractivity contribution in [3.8, 4) is 33.4 Å². The molecule has 2 heteroatoms. The Bertz CT molecular complexity index is 2870. The first-order valence-corrected chi connectivity index (χ1v) is 17.7. The minimum atomic E-state index is 0.905. The summed E-state index contributed by atoms with van der Waals surface area (Å²) in [6, 6.07) is 71.8. The van der Waals surface area contributed by atoms with Gasteiger partial charge in [0.15, 0.2) is 0 Å². The van der Waals surface area contributed by atoms with E-state index in [1.807, 2.05) is 12.1 Å². The van der Waals surface area contributed by atoms with E-state index in [0.29, 0.717) is 0 Å². The number of fused-ring (bicyclic) bond motifs is 6. The molecule has 0 amide bonds. The first kappa shape index (κ1) is 30.0. The van der Waals surface area contributed by atoms with E-state index < -0.39 is 0 Å². The lowest BCUT2D eigenvalue weighted by atomic mass is 9.97. The Kier molecular flexibility index (Phi) is 7.18. The van der Waals surface area contributed by atoms with Gasteiger partial charge in [-0.05, 0) is 116 Å². The Hall–Kier alpha value is -6.90. The van der Waals surface area contributed by atoms with Crippen molar-refractivity contribution in [2.75, 3.05) is 4.90 Å². The molecule has 9 aromatic carbocycles. The van der Waals surface area contributed by atoms with Crippen molar-refractivity contribution in [3.05, 3.63) is 200 Å². The Morgan fingerprint density at radius 2 is 0.712 bits per heavy atom. The number of rotatable bonds is 6. The number of para-hydroxylation sites is 1. The van der Waals surface area contributed by atoms with Crippen LogP contribution in [0.3, 0.4) is 0 Å². The molecule has 10 aromatic rings. The molecule has 52 heavy (non-hydrogen) atoms. The van der Waals surface area contributed by atoms with E-state index in [1.165, 1.54) is 43.8 Å². The van der Waals surface area contributed by atoms with E-state index in [0.717, 1.165) is 50.1 Å². The summed E-state index contributed by atoms with van der Waals surface area (Å²) in [4.78, 5) is 2.33. The van der Waals surface area contributed by atoms with Gasteiger partial charge in [-0.3, -0.25) is 0 Å². The standard InChI is InChI=1S/C50H33NO/c1-2-8-34(9-3-1)35-18-25-42(26-19-35)51(44-29-22-37(23-30-44)41-24-31-47-46-12-6-7-13-49(46)52-50(47)33-41)43-27-20-36(21-28-43)40-17-16-39-15-14-38-10-4-5-11-45(38)48(39)32-40/h1-33H. The molecular weight excluding hydrogens is 631 g/mol. The van der Waals surface area contributed by atoms with Gasteiger partial charge in [0, 0.05) is 27.8 Å². The highest BCUT2D eigenvalue weighted by Crippen LogP contribution is 2.39. The van der Waals surface area contributed by atoms with E-state index in [1.54, 1.807) is 0 Å². The van der Waals surface area contributed by atoms with Crippen LogP contribution < -0.4 is 4.90 Å². The third-order valence-electron chi connectivity index (χ3n) is 10.3. The zero-order chi connectivity index (χ0) is 34.4. The van der Waals surface area contributed by atoms with Gasteiger partial charge in [-0.25, -0.2) is 0 Å². The molecule has 0 aliphatic rings. The van der Waals surface area contributed by atoms with Crippen molar-refractivity contribution in [1.29, 1.82) is 0 Å². The maximum Gasteiger partial charge on any atom is 0.136 e. The van der Waals surface area contributed by atoms with E-state index in [-0.39, 0.29) is 0 Å². The third kappa shape index (κ3) is 5.30. The normalized spacial score (nSPS) is 11.5. The summed E-state index contributed by atoms with van der Waals surface area (Å²) in [5.41, 5.74) is 12.2. The lowest BCUT2D eigenvalue weighted by Gasteiger charge is -2.26. The van der Waals surface area contributed by atoms with Crippen molar-refractivity contribution < 1.29 is 4.42 Å². The van der Waals surface area contributed by atoms with Crippen molar-refractivity contribution >= 4 is 60.5 Å². The molecule has 0 atom stereocenters. The number of hydrogen-bond acceptors (Lipinski definition) is 2. The summed E-state index contributed by atoms with van der Waals surface area (Å²) in [5, 5.41) is 7.36. The minimum absolute atomic E-state index is 0.905. The molecule has 1 heterocycles. The third-order valence-corrected chi connectivity index (χ3v) is 10.3. The van der Waals surface area contributed by atoms with E-state index in [4.69, 9.17) is 4.42 Å². The largest absolute Gasteiger partial charge is 0.456 e. The van der Waals surface area contributed by atoms with Gasteiger partial charge in [-0.1, -0.05) is 140 Å². The SMILES string of the molecule is c1ccc(-c2ccc(N(c3ccc(-c4ccc5c(c4)oc4ccccc45)cc3)c3ccc(-c4ccc5ccc6ccccc6c5c4)cc3)cc2)cc1. The fourth-order valence-electron chi connectivity index (χ4n) is 7.57. The van der Waals surface area contributed by atoms with E-state index in [9.17, 15) is 0 Å². The van der Waals surface area contributed by atoms with Gasteiger partial charge >= 0.3 is 0 Å². The summed E-state index contributed by atoms with van der Waals surface area (Å²) < 4.78 is 6.21. The van der Waals surface area contributed by atoms with Crippen LogP contribution in [-0.2, 0) is 0 Å². The average Bonchev–Trinajstić information content (AvgIpc) is 3.60. The molecule has 2 nitrogen and oxygen atoms in total. The highest BCUT2D eigenvalue weighted by atomic mass is 16.3. The molecule has 0 aliphatic heterocycles. The average molecular weight is 664 g/mol. The maximum absolute atomic E-state index is 6.21. The fourth-order valence-corrected chi connectivity index (χ4v) is 7.57. The van der Waals surface area contributed by atoms with Crippen LogP contribution >= 0.6 is 0 Å².